The van der Waals surface area contributed by atoms with E-state index < -0.39 is 7.25 Å². The fraction of sp³-hybridized carbons (Fsp3) is 0.267. The standard InChI is InChI=1S/C15H18N2.BF4/c1-2-3-11-17-13-16-12-15(17)10-9-14-7-5-4-6-8-14;2-1(3,4)5/h4-10,12-13H,2-3,11H2,1H3;/q;-1. The second-order valence-electron chi connectivity index (χ2n) is 4.60. The van der Waals surface area contributed by atoms with Crippen LogP contribution in [0.4, 0.5) is 17.3 Å². The molecule has 0 saturated heterocycles. The molecular formula is C15H18BF4N2-. The maximum absolute atomic E-state index is 9.75. The number of hydrogen-bond acceptors (Lipinski definition) is 1. The van der Waals surface area contributed by atoms with E-state index in [1.54, 1.807) is 0 Å². The van der Waals surface area contributed by atoms with Gasteiger partial charge in [0.1, 0.15) is 0 Å². The Kier molecular flexibility index (Phi) is 7.42. The summed E-state index contributed by atoms with van der Waals surface area (Å²) in [5.41, 5.74) is 2.39. The highest BCUT2D eigenvalue weighted by Crippen LogP contribution is 2.09. The number of aryl methyl sites for hydroxylation is 1. The lowest BCUT2D eigenvalue weighted by molar-refractivity contribution is 0.368. The van der Waals surface area contributed by atoms with Gasteiger partial charge < -0.3 is 21.8 Å². The second-order valence-corrected chi connectivity index (χ2v) is 4.60. The summed E-state index contributed by atoms with van der Waals surface area (Å²) in [5, 5.41) is 0. The Hall–Kier alpha value is -2.05. The predicted molar refractivity (Wildman–Crippen MR) is 82.7 cm³/mol. The van der Waals surface area contributed by atoms with E-state index in [9.17, 15) is 17.3 Å². The molecule has 120 valence electrons. The molecule has 0 aliphatic heterocycles. The van der Waals surface area contributed by atoms with Crippen molar-refractivity contribution >= 4 is 19.4 Å². The lowest BCUT2D eigenvalue weighted by Crippen LogP contribution is -2.02. The Bertz CT molecular complexity index is 558. The molecule has 2 aromatic rings. The summed E-state index contributed by atoms with van der Waals surface area (Å²) in [6.45, 7) is 3.25. The summed E-state index contributed by atoms with van der Waals surface area (Å²) in [5.74, 6) is 0. The van der Waals surface area contributed by atoms with Gasteiger partial charge in [-0.05, 0) is 18.1 Å². The number of hydrogen-bond donors (Lipinski definition) is 0. The molecule has 0 aliphatic carbocycles. The first kappa shape index (κ1) is 18.0. The molecule has 0 spiro atoms. The molecule has 0 atom stereocenters. The van der Waals surface area contributed by atoms with Crippen molar-refractivity contribution < 1.29 is 17.3 Å². The minimum atomic E-state index is -6.00. The molecule has 1 heterocycles. The Morgan fingerprint density at radius 1 is 1.09 bits per heavy atom. The van der Waals surface area contributed by atoms with E-state index in [4.69, 9.17) is 0 Å². The van der Waals surface area contributed by atoms with Crippen LogP contribution in [0.15, 0.2) is 42.9 Å². The summed E-state index contributed by atoms with van der Waals surface area (Å²) in [6.07, 6.45) is 10.5. The Balaban J connectivity index is 0.000000422. The van der Waals surface area contributed by atoms with Crippen molar-refractivity contribution in [2.24, 2.45) is 0 Å². The molecule has 0 bridgehead atoms. The first-order valence-electron chi connectivity index (χ1n) is 7.00. The van der Waals surface area contributed by atoms with Crippen molar-refractivity contribution in [3.63, 3.8) is 0 Å². The van der Waals surface area contributed by atoms with Crippen LogP contribution in [0.2, 0.25) is 0 Å². The van der Waals surface area contributed by atoms with Crippen LogP contribution in [-0.4, -0.2) is 16.8 Å². The van der Waals surface area contributed by atoms with Gasteiger partial charge in [-0.25, -0.2) is 4.98 Å². The summed E-state index contributed by atoms with van der Waals surface area (Å²) in [4.78, 5) is 4.20. The molecule has 7 heteroatoms. The highest BCUT2D eigenvalue weighted by Gasteiger charge is 2.20. The van der Waals surface area contributed by atoms with Gasteiger partial charge in [0.15, 0.2) is 0 Å². The second kappa shape index (κ2) is 9.07. The van der Waals surface area contributed by atoms with Gasteiger partial charge in [-0.3, -0.25) is 0 Å². The highest BCUT2D eigenvalue weighted by molar-refractivity contribution is 6.50. The first-order chi connectivity index (χ1) is 10.4. The zero-order chi connectivity index (χ0) is 16.4. The molecule has 0 radical (unpaired) electrons. The van der Waals surface area contributed by atoms with E-state index in [2.05, 4.69) is 40.8 Å². The van der Waals surface area contributed by atoms with Crippen molar-refractivity contribution in [3.05, 3.63) is 54.1 Å². The van der Waals surface area contributed by atoms with Gasteiger partial charge >= 0.3 is 7.25 Å². The summed E-state index contributed by atoms with van der Waals surface area (Å²) < 4.78 is 41.2. The average molecular weight is 313 g/mol. The van der Waals surface area contributed by atoms with E-state index in [1.807, 2.05) is 30.7 Å². The molecule has 22 heavy (non-hydrogen) atoms. The molecule has 0 saturated carbocycles. The minimum Gasteiger partial charge on any atom is -0.418 e. The van der Waals surface area contributed by atoms with Gasteiger partial charge in [-0.2, -0.15) is 0 Å². The van der Waals surface area contributed by atoms with Crippen LogP contribution in [0.3, 0.4) is 0 Å². The Labute approximate surface area is 127 Å². The monoisotopic (exact) mass is 313 g/mol. The Morgan fingerprint density at radius 2 is 1.73 bits per heavy atom. The molecule has 0 unspecified atom stereocenters. The molecule has 2 rings (SSSR count). The zero-order valence-corrected chi connectivity index (χ0v) is 12.3. The first-order valence-corrected chi connectivity index (χ1v) is 7.00. The number of unbranched alkanes of at least 4 members (excludes halogenated alkanes) is 1. The topological polar surface area (TPSA) is 17.8 Å². The molecule has 0 N–H and O–H groups in total. The molecule has 1 aromatic carbocycles. The third-order valence-electron chi connectivity index (χ3n) is 2.74. The van der Waals surface area contributed by atoms with Gasteiger partial charge in [0, 0.05) is 6.54 Å². The van der Waals surface area contributed by atoms with Gasteiger partial charge in [-0.15, -0.1) is 0 Å². The van der Waals surface area contributed by atoms with E-state index in [0.29, 0.717) is 0 Å². The number of aromatic nitrogens is 2. The molecule has 1 aromatic heterocycles. The summed E-state index contributed by atoms with van der Waals surface area (Å²) >= 11 is 0. The third kappa shape index (κ3) is 8.29. The maximum Gasteiger partial charge on any atom is 0.673 e. The van der Waals surface area contributed by atoms with Gasteiger partial charge in [0.2, 0.25) is 0 Å². The summed E-state index contributed by atoms with van der Waals surface area (Å²) in [6, 6.07) is 10.3. The molecular weight excluding hydrogens is 295 g/mol. The van der Waals surface area contributed by atoms with Crippen LogP contribution in [0, 0.1) is 0 Å². The fourth-order valence-corrected chi connectivity index (χ4v) is 1.73. The number of benzene rings is 1. The number of rotatable bonds is 5. The van der Waals surface area contributed by atoms with Crippen molar-refractivity contribution in [1.82, 2.24) is 9.55 Å². The van der Waals surface area contributed by atoms with Crippen molar-refractivity contribution in [2.45, 2.75) is 26.3 Å². The largest absolute Gasteiger partial charge is 0.673 e. The smallest absolute Gasteiger partial charge is 0.418 e. The number of halogens is 4. The summed E-state index contributed by atoms with van der Waals surface area (Å²) in [7, 11) is -6.00. The van der Waals surface area contributed by atoms with Gasteiger partial charge in [-0.1, -0.05) is 49.8 Å². The number of imidazole rings is 1. The third-order valence-corrected chi connectivity index (χ3v) is 2.74. The van der Waals surface area contributed by atoms with Crippen LogP contribution in [0.25, 0.3) is 12.2 Å². The molecule has 0 aliphatic rings. The predicted octanol–water partition coefficient (Wildman–Crippen LogP) is 5.15. The normalized spacial score (nSPS) is 11.3. The van der Waals surface area contributed by atoms with Crippen LogP contribution >= 0.6 is 0 Å². The van der Waals surface area contributed by atoms with Gasteiger partial charge in [0.25, 0.3) is 0 Å². The van der Waals surface area contributed by atoms with E-state index >= 15 is 0 Å². The van der Waals surface area contributed by atoms with E-state index in [1.165, 1.54) is 24.1 Å². The fourth-order valence-electron chi connectivity index (χ4n) is 1.73. The average Bonchev–Trinajstić information content (AvgIpc) is 2.89. The highest BCUT2D eigenvalue weighted by atomic mass is 19.5. The van der Waals surface area contributed by atoms with Crippen LogP contribution < -0.4 is 0 Å². The van der Waals surface area contributed by atoms with Crippen molar-refractivity contribution in [1.29, 1.82) is 0 Å². The van der Waals surface area contributed by atoms with E-state index in [0.717, 1.165) is 6.54 Å². The minimum absolute atomic E-state index is 1.05. The zero-order valence-electron chi connectivity index (χ0n) is 12.3. The van der Waals surface area contributed by atoms with Crippen LogP contribution in [-0.2, 0) is 6.54 Å². The quantitative estimate of drug-likeness (QED) is 0.551. The maximum atomic E-state index is 9.75. The molecule has 0 fully saturated rings. The van der Waals surface area contributed by atoms with Gasteiger partial charge in [0.05, 0.1) is 18.2 Å². The Morgan fingerprint density at radius 3 is 2.32 bits per heavy atom. The van der Waals surface area contributed by atoms with Crippen molar-refractivity contribution in [2.75, 3.05) is 0 Å². The SMILES string of the molecule is CCCCn1cncc1C=Cc1ccccc1.F[B-](F)(F)F. The van der Waals surface area contributed by atoms with Crippen LogP contribution in [0.5, 0.6) is 0 Å². The lowest BCUT2D eigenvalue weighted by Gasteiger charge is -2.03. The lowest BCUT2D eigenvalue weighted by atomic mass is 10.2. The van der Waals surface area contributed by atoms with E-state index in [-0.39, 0.29) is 0 Å². The number of nitrogens with zero attached hydrogens (tertiary/aromatic N) is 2. The van der Waals surface area contributed by atoms with Crippen LogP contribution in [0.1, 0.15) is 31.0 Å². The molecule has 0 amide bonds. The molecule has 2 nitrogen and oxygen atoms in total. The van der Waals surface area contributed by atoms with Crippen molar-refractivity contribution in [3.8, 4) is 0 Å².